The number of hydrogen-bond acceptors (Lipinski definition) is 7. The van der Waals surface area contributed by atoms with E-state index >= 15 is 0 Å². The lowest BCUT2D eigenvalue weighted by molar-refractivity contribution is -0.135. The third-order valence-corrected chi connectivity index (χ3v) is 4.90. The predicted molar refractivity (Wildman–Crippen MR) is 111 cm³/mol. The zero-order valence-electron chi connectivity index (χ0n) is 16.1. The molecule has 1 N–H and O–H groups in total. The van der Waals surface area contributed by atoms with Gasteiger partial charge in [-0.15, -0.1) is 0 Å². The first-order valence-electron chi connectivity index (χ1n) is 9.37. The number of ketones is 1. The zero-order valence-corrected chi connectivity index (χ0v) is 16.1. The second-order valence-corrected chi connectivity index (χ2v) is 6.65. The van der Waals surface area contributed by atoms with Crippen molar-refractivity contribution in [2.24, 2.45) is 0 Å². The summed E-state index contributed by atoms with van der Waals surface area (Å²) >= 11 is 0. The highest BCUT2D eigenvalue weighted by Crippen LogP contribution is 2.30. The third kappa shape index (κ3) is 3.90. The van der Waals surface area contributed by atoms with Crippen LogP contribution in [0.15, 0.2) is 54.7 Å². The zero-order chi connectivity index (χ0) is 20.2. The standard InChI is InChI=1S/C22H21N3O4/c1-28-22(27)21(26)18-6-7-19(17-5-3-2-4-16(17)18)24-15-8-9-23-20(14-15)25-10-12-29-13-11-25/h2-9,14H,10-13H2,1H3,(H,23,24). The SMILES string of the molecule is COC(=O)C(=O)c1ccc(Nc2ccnc(N3CCOCC3)c2)c2ccccc12. The molecule has 1 saturated heterocycles. The maximum atomic E-state index is 12.4. The molecule has 0 amide bonds. The smallest absolute Gasteiger partial charge is 0.379 e. The van der Waals surface area contributed by atoms with Gasteiger partial charge in [0.2, 0.25) is 0 Å². The van der Waals surface area contributed by atoms with E-state index in [1.165, 1.54) is 7.11 Å². The Hall–Kier alpha value is -3.45. The lowest BCUT2D eigenvalue weighted by atomic mass is 9.99. The van der Waals surface area contributed by atoms with E-state index in [1.807, 2.05) is 36.4 Å². The van der Waals surface area contributed by atoms with E-state index in [1.54, 1.807) is 18.3 Å². The first-order chi connectivity index (χ1) is 14.2. The van der Waals surface area contributed by atoms with Crippen LogP contribution in [0.25, 0.3) is 10.8 Å². The Morgan fingerprint density at radius 3 is 2.59 bits per heavy atom. The molecule has 2 aromatic carbocycles. The minimum Gasteiger partial charge on any atom is -0.463 e. The largest absolute Gasteiger partial charge is 0.463 e. The van der Waals surface area contributed by atoms with E-state index in [-0.39, 0.29) is 0 Å². The molecule has 1 aromatic heterocycles. The molecule has 29 heavy (non-hydrogen) atoms. The van der Waals surface area contributed by atoms with Crippen LogP contribution in [-0.4, -0.2) is 50.1 Å². The molecule has 0 aliphatic carbocycles. The molecule has 4 rings (SSSR count). The Kier molecular flexibility index (Phi) is 5.39. The summed E-state index contributed by atoms with van der Waals surface area (Å²) in [4.78, 5) is 30.7. The molecule has 0 saturated carbocycles. The van der Waals surface area contributed by atoms with Gasteiger partial charge in [-0.3, -0.25) is 4.79 Å². The maximum absolute atomic E-state index is 12.4. The number of Topliss-reactive ketones (excluding diaryl/α,β-unsaturated/α-hetero) is 1. The summed E-state index contributed by atoms with van der Waals surface area (Å²) in [5, 5.41) is 4.94. The fraction of sp³-hybridized carbons (Fsp3) is 0.227. The molecular formula is C22H21N3O4. The molecule has 7 heteroatoms. The van der Waals surface area contributed by atoms with Crippen LogP contribution in [0.5, 0.6) is 0 Å². The van der Waals surface area contributed by atoms with Crippen molar-refractivity contribution in [1.82, 2.24) is 4.98 Å². The van der Waals surface area contributed by atoms with Crippen molar-refractivity contribution < 1.29 is 19.1 Å². The number of morpholine rings is 1. The van der Waals surface area contributed by atoms with E-state index in [0.29, 0.717) is 24.2 Å². The Morgan fingerprint density at radius 2 is 1.83 bits per heavy atom. The van der Waals surface area contributed by atoms with E-state index in [4.69, 9.17) is 4.74 Å². The van der Waals surface area contributed by atoms with Crippen molar-refractivity contribution in [3.05, 3.63) is 60.3 Å². The highest BCUT2D eigenvalue weighted by atomic mass is 16.5. The van der Waals surface area contributed by atoms with Gasteiger partial charge in [-0.2, -0.15) is 0 Å². The van der Waals surface area contributed by atoms with Crippen LogP contribution < -0.4 is 10.2 Å². The number of carbonyl (C=O) groups excluding carboxylic acids is 2. The van der Waals surface area contributed by atoms with Gasteiger partial charge in [-0.05, 0) is 23.6 Å². The van der Waals surface area contributed by atoms with E-state index in [2.05, 4.69) is 19.9 Å². The number of aromatic nitrogens is 1. The number of anilines is 3. The van der Waals surface area contributed by atoms with Crippen molar-refractivity contribution in [2.75, 3.05) is 43.6 Å². The summed E-state index contributed by atoms with van der Waals surface area (Å²) in [6, 6.07) is 14.8. The minimum atomic E-state index is -0.875. The lowest BCUT2D eigenvalue weighted by Crippen LogP contribution is -2.36. The Morgan fingerprint density at radius 1 is 1.07 bits per heavy atom. The van der Waals surface area contributed by atoms with Gasteiger partial charge in [0.1, 0.15) is 5.82 Å². The second kappa shape index (κ2) is 8.28. The number of carbonyl (C=O) groups is 2. The summed E-state index contributed by atoms with van der Waals surface area (Å²) in [5.41, 5.74) is 2.04. The van der Waals surface area contributed by atoms with Gasteiger partial charge in [0.15, 0.2) is 0 Å². The van der Waals surface area contributed by atoms with Gasteiger partial charge < -0.3 is 19.7 Å². The molecule has 3 aromatic rings. The summed E-state index contributed by atoms with van der Waals surface area (Å²) in [5.74, 6) is -0.644. The van der Waals surface area contributed by atoms with Gasteiger partial charge in [0.05, 0.1) is 20.3 Å². The fourth-order valence-electron chi connectivity index (χ4n) is 3.43. The van der Waals surface area contributed by atoms with Gasteiger partial charge in [-0.1, -0.05) is 24.3 Å². The molecule has 1 fully saturated rings. The number of fused-ring (bicyclic) bond motifs is 1. The van der Waals surface area contributed by atoms with E-state index < -0.39 is 11.8 Å². The number of ether oxygens (including phenoxy) is 2. The van der Waals surface area contributed by atoms with Crippen LogP contribution in [0, 0.1) is 0 Å². The molecule has 0 bridgehead atoms. The first-order valence-corrected chi connectivity index (χ1v) is 9.37. The molecule has 0 radical (unpaired) electrons. The molecule has 0 unspecified atom stereocenters. The summed E-state index contributed by atoms with van der Waals surface area (Å²) in [6.45, 7) is 3.01. The molecule has 148 valence electrons. The van der Waals surface area contributed by atoms with Crippen LogP contribution in [0.2, 0.25) is 0 Å². The normalized spacial score (nSPS) is 13.9. The monoisotopic (exact) mass is 391 g/mol. The van der Waals surface area contributed by atoms with Gasteiger partial charge in [0, 0.05) is 47.7 Å². The van der Waals surface area contributed by atoms with Crippen LogP contribution in [0.3, 0.4) is 0 Å². The number of nitrogens with one attached hydrogen (secondary N) is 1. The molecular weight excluding hydrogens is 370 g/mol. The minimum absolute atomic E-state index is 0.321. The van der Waals surface area contributed by atoms with Crippen molar-refractivity contribution in [2.45, 2.75) is 0 Å². The first kappa shape index (κ1) is 18.9. The third-order valence-electron chi connectivity index (χ3n) is 4.90. The van der Waals surface area contributed by atoms with Gasteiger partial charge in [0.25, 0.3) is 5.78 Å². The van der Waals surface area contributed by atoms with Crippen LogP contribution in [-0.2, 0) is 14.3 Å². The van der Waals surface area contributed by atoms with Crippen molar-refractivity contribution in [1.29, 1.82) is 0 Å². The molecule has 0 spiro atoms. The van der Waals surface area contributed by atoms with E-state index in [9.17, 15) is 9.59 Å². The van der Waals surface area contributed by atoms with Crippen LogP contribution >= 0.6 is 0 Å². The average Bonchev–Trinajstić information content (AvgIpc) is 2.79. The number of benzene rings is 2. The number of hydrogen-bond donors (Lipinski definition) is 1. The number of methoxy groups -OCH3 is 1. The summed E-state index contributed by atoms with van der Waals surface area (Å²) < 4.78 is 9.99. The van der Waals surface area contributed by atoms with E-state index in [0.717, 1.165) is 35.7 Å². The Balaban J connectivity index is 1.67. The van der Waals surface area contributed by atoms with Crippen molar-refractivity contribution in [3.63, 3.8) is 0 Å². The van der Waals surface area contributed by atoms with Crippen molar-refractivity contribution in [3.8, 4) is 0 Å². The second-order valence-electron chi connectivity index (χ2n) is 6.65. The quantitative estimate of drug-likeness (QED) is 0.406. The molecule has 1 aliphatic rings. The van der Waals surface area contributed by atoms with Crippen molar-refractivity contribution >= 4 is 39.7 Å². The number of esters is 1. The topological polar surface area (TPSA) is 80.8 Å². The molecule has 7 nitrogen and oxygen atoms in total. The summed E-state index contributed by atoms with van der Waals surface area (Å²) in [6.07, 6.45) is 1.77. The Labute approximate surface area is 168 Å². The number of pyridine rings is 1. The molecule has 2 heterocycles. The highest BCUT2D eigenvalue weighted by molar-refractivity contribution is 6.43. The van der Waals surface area contributed by atoms with Crippen LogP contribution in [0.1, 0.15) is 10.4 Å². The lowest BCUT2D eigenvalue weighted by Gasteiger charge is -2.28. The number of nitrogens with zero attached hydrogens (tertiary/aromatic N) is 2. The maximum Gasteiger partial charge on any atom is 0.379 e. The predicted octanol–water partition coefficient (Wildman–Crippen LogP) is 3.17. The number of rotatable bonds is 5. The summed E-state index contributed by atoms with van der Waals surface area (Å²) in [7, 11) is 1.20. The molecule has 0 atom stereocenters. The average molecular weight is 391 g/mol. The van der Waals surface area contributed by atoms with Gasteiger partial charge >= 0.3 is 5.97 Å². The van der Waals surface area contributed by atoms with Gasteiger partial charge in [-0.25, -0.2) is 9.78 Å². The fourth-order valence-corrected chi connectivity index (χ4v) is 3.43. The molecule has 1 aliphatic heterocycles. The Bertz CT molecular complexity index is 1060. The highest BCUT2D eigenvalue weighted by Gasteiger charge is 2.20. The van der Waals surface area contributed by atoms with Crippen LogP contribution in [0.4, 0.5) is 17.2 Å².